The molecule has 0 saturated heterocycles. The fourth-order valence-corrected chi connectivity index (χ4v) is 3.18. The zero-order valence-electron chi connectivity index (χ0n) is 17.3. The Hall–Kier alpha value is -3.41. The molecule has 150 valence electrons. The molecule has 0 fully saturated rings. The van der Waals surface area contributed by atoms with Crippen LogP contribution in [0.3, 0.4) is 0 Å². The third kappa shape index (κ3) is 4.90. The Morgan fingerprint density at radius 1 is 1.00 bits per heavy atom. The molecule has 1 aromatic heterocycles. The van der Waals surface area contributed by atoms with Crippen LogP contribution in [0.25, 0.3) is 5.69 Å². The molecule has 0 unspecified atom stereocenters. The number of nitrogens with zero attached hydrogens (tertiary/aromatic N) is 3. The second-order valence-electron chi connectivity index (χ2n) is 7.24. The summed E-state index contributed by atoms with van der Waals surface area (Å²) in [5, 5.41) is 7.40. The molecular formula is C23H26N4O2. The number of likely N-dealkylation sites (N-methyl/N-ethyl adjacent to an activating group) is 1. The van der Waals surface area contributed by atoms with Crippen molar-refractivity contribution in [1.82, 2.24) is 14.7 Å². The summed E-state index contributed by atoms with van der Waals surface area (Å²) in [5.74, 6) is -0.346. The lowest BCUT2D eigenvalue weighted by atomic mass is 10.1. The summed E-state index contributed by atoms with van der Waals surface area (Å²) in [6.45, 7) is 5.85. The summed E-state index contributed by atoms with van der Waals surface area (Å²) >= 11 is 0. The first-order valence-electron chi connectivity index (χ1n) is 9.56. The summed E-state index contributed by atoms with van der Waals surface area (Å²) in [6.07, 6.45) is 0.207. The molecule has 0 aliphatic rings. The maximum atomic E-state index is 12.7. The second kappa shape index (κ2) is 8.73. The van der Waals surface area contributed by atoms with Gasteiger partial charge in [-0.1, -0.05) is 35.9 Å². The topological polar surface area (TPSA) is 67.2 Å². The zero-order chi connectivity index (χ0) is 21.0. The molecule has 2 amide bonds. The number of carbonyl (C=O) groups excluding carboxylic acids is 2. The molecule has 0 aliphatic heterocycles. The molecule has 1 heterocycles. The smallest absolute Gasteiger partial charge is 0.243 e. The van der Waals surface area contributed by atoms with Crippen LogP contribution in [0.15, 0.2) is 54.6 Å². The highest BCUT2D eigenvalue weighted by Gasteiger charge is 2.19. The van der Waals surface area contributed by atoms with E-state index in [1.807, 2.05) is 80.1 Å². The van der Waals surface area contributed by atoms with Crippen molar-refractivity contribution in [2.75, 3.05) is 18.9 Å². The number of aryl methyl sites for hydroxylation is 2. The summed E-state index contributed by atoms with van der Waals surface area (Å²) in [5.41, 5.74) is 5.44. The first-order valence-corrected chi connectivity index (χ1v) is 9.56. The van der Waals surface area contributed by atoms with E-state index >= 15 is 0 Å². The van der Waals surface area contributed by atoms with Gasteiger partial charge < -0.3 is 10.2 Å². The summed E-state index contributed by atoms with van der Waals surface area (Å²) < 4.78 is 1.85. The van der Waals surface area contributed by atoms with Crippen LogP contribution in [-0.4, -0.2) is 40.1 Å². The van der Waals surface area contributed by atoms with Crippen molar-refractivity contribution >= 4 is 17.5 Å². The van der Waals surface area contributed by atoms with Crippen LogP contribution < -0.4 is 5.32 Å². The Kier molecular flexibility index (Phi) is 6.12. The molecular weight excluding hydrogens is 364 g/mol. The minimum Gasteiger partial charge on any atom is -0.336 e. The van der Waals surface area contributed by atoms with E-state index in [9.17, 15) is 9.59 Å². The molecule has 0 aliphatic carbocycles. The van der Waals surface area contributed by atoms with Crippen LogP contribution in [0.4, 0.5) is 5.69 Å². The van der Waals surface area contributed by atoms with Crippen molar-refractivity contribution in [3.05, 3.63) is 77.1 Å². The lowest BCUT2D eigenvalue weighted by Gasteiger charge is -2.17. The van der Waals surface area contributed by atoms with Crippen molar-refractivity contribution in [3.63, 3.8) is 0 Å². The molecule has 3 rings (SSSR count). The molecule has 0 saturated carbocycles. The first kappa shape index (κ1) is 20.3. The number of carbonyl (C=O) groups is 2. The number of para-hydroxylation sites is 1. The van der Waals surface area contributed by atoms with Gasteiger partial charge in [-0.05, 0) is 45.0 Å². The van der Waals surface area contributed by atoms with E-state index in [-0.39, 0.29) is 24.8 Å². The molecule has 1 N–H and O–H groups in total. The number of benzene rings is 2. The van der Waals surface area contributed by atoms with Crippen molar-refractivity contribution < 1.29 is 9.59 Å². The van der Waals surface area contributed by atoms with Gasteiger partial charge in [0.2, 0.25) is 11.8 Å². The minimum absolute atomic E-state index is 0.00235. The van der Waals surface area contributed by atoms with Gasteiger partial charge in [0.25, 0.3) is 0 Å². The standard InChI is InChI=1S/C23H26N4O2/c1-16-10-12-19(13-11-16)24-22(28)15-26(4)23(29)14-21-17(2)25-27(18(21)3)20-8-6-5-7-9-20/h5-13H,14-15H2,1-4H3,(H,24,28). The normalized spacial score (nSPS) is 10.6. The quantitative estimate of drug-likeness (QED) is 0.701. The predicted molar refractivity (Wildman–Crippen MR) is 114 cm³/mol. The Morgan fingerprint density at radius 3 is 2.31 bits per heavy atom. The van der Waals surface area contributed by atoms with Gasteiger partial charge in [0.05, 0.1) is 24.3 Å². The third-order valence-corrected chi connectivity index (χ3v) is 4.91. The van der Waals surface area contributed by atoms with E-state index in [1.54, 1.807) is 7.05 Å². The fourth-order valence-electron chi connectivity index (χ4n) is 3.18. The lowest BCUT2D eigenvalue weighted by molar-refractivity contribution is -0.132. The Balaban J connectivity index is 1.64. The third-order valence-electron chi connectivity index (χ3n) is 4.91. The minimum atomic E-state index is -0.224. The Morgan fingerprint density at radius 2 is 1.66 bits per heavy atom. The molecule has 0 bridgehead atoms. The molecule has 0 atom stereocenters. The second-order valence-corrected chi connectivity index (χ2v) is 7.24. The number of aromatic nitrogens is 2. The molecule has 3 aromatic rings. The summed E-state index contributed by atoms with van der Waals surface area (Å²) in [7, 11) is 1.64. The largest absolute Gasteiger partial charge is 0.336 e. The van der Waals surface area contributed by atoms with Crippen molar-refractivity contribution in [3.8, 4) is 5.69 Å². The highest BCUT2D eigenvalue weighted by molar-refractivity contribution is 5.94. The van der Waals surface area contributed by atoms with Gasteiger partial charge in [0, 0.05) is 24.0 Å². The summed E-state index contributed by atoms with van der Waals surface area (Å²) in [6, 6.07) is 17.4. The lowest BCUT2D eigenvalue weighted by Crippen LogP contribution is -2.36. The van der Waals surface area contributed by atoms with Gasteiger partial charge in [-0.15, -0.1) is 0 Å². The highest BCUT2D eigenvalue weighted by Crippen LogP contribution is 2.19. The van der Waals surface area contributed by atoms with Gasteiger partial charge in [-0.3, -0.25) is 9.59 Å². The van der Waals surface area contributed by atoms with E-state index in [4.69, 9.17) is 0 Å². The number of hydrogen-bond acceptors (Lipinski definition) is 3. The average Bonchev–Trinajstić information content (AvgIpc) is 2.98. The Labute approximate surface area is 171 Å². The van der Waals surface area contributed by atoms with Gasteiger partial charge in [-0.25, -0.2) is 4.68 Å². The maximum Gasteiger partial charge on any atom is 0.243 e. The molecule has 6 heteroatoms. The maximum absolute atomic E-state index is 12.7. The van der Waals surface area contributed by atoms with Crippen LogP contribution in [0, 0.1) is 20.8 Å². The summed E-state index contributed by atoms with van der Waals surface area (Å²) in [4.78, 5) is 26.4. The van der Waals surface area contributed by atoms with Crippen molar-refractivity contribution in [2.45, 2.75) is 27.2 Å². The number of amides is 2. The van der Waals surface area contributed by atoms with Crippen LogP contribution in [0.5, 0.6) is 0 Å². The molecule has 0 radical (unpaired) electrons. The molecule has 29 heavy (non-hydrogen) atoms. The van der Waals surface area contributed by atoms with Crippen LogP contribution >= 0.6 is 0 Å². The van der Waals surface area contributed by atoms with E-state index in [0.29, 0.717) is 0 Å². The molecule has 6 nitrogen and oxygen atoms in total. The Bertz CT molecular complexity index is 1010. The molecule has 2 aromatic carbocycles. The first-order chi connectivity index (χ1) is 13.8. The number of hydrogen-bond donors (Lipinski definition) is 1. The van der Waals surface area contributed by atoms with Gasteiger partial charge in [0.1, 0.15) is 0 Å². The molecule has 0 spiro atoms. The van der Waals surface area contributed by atoms with Crippen LogP contribution in [0.1, 0.15) is 22.5 Å². The SMILES string of the molecule is Cc1ccc(NC(=O)CN(C)C(=O)Cc2c(C)nn(-c3ccccc3)c2C)cc1. The van der Waals surface area contributed by atoms with E-state index in [1.165, 1.54) is 4.90 Å². The number of rotatable bonds is 6. The number of nitrogens with one attached hydrogen (secondary N) is 1. The predicted octanol–water partition coefficient (Wildman–Crippen LogP) is 3.44. The van der Waals surface area contributed by atoms with Crippen LogP contribution in [-0.2, 0) is 16.0 Å². The van der Waals surface area contributed by atoms with Crippen molar-refractivity contribution in [1.29, 1.82) is 0 Å². The highest BCUT2D eigenvalue weighted by atomic mass is 16.2. The van der Waals surface area contributed by atoms with Crippen molar-refractivity contribution in [2.24, 2.45) is 0 Å². The van der Waals surface area contributed by atoms with E-state index < -0.39 is 0 Å². The van der Waals surface area contributed by atoms with Gasteiger partial charge in [-0.2, -0.15) is 5.10 Å². The fraction of sp³-hybridized carbons (Fsp3) is 0.261. The van der Waals surface area contributed by atoms with E-state index in [0.717, 1.165) is 33.9 Å². The zero-order valence-corrected chi connectivity index (χ0v) is 17.3. The monoisotopic (exact) mass is 390 g/mol. The van der Waals surface area contributed by atoms with Crippen LogP contribution in [0.2, 0.25) is 0 Å². The van der Waals surface area contributed by atoms with E-state index in [2.05, 4.69) is 10.4 Å². The van der Waals surface area contributed by atoms with Gasteiger partial charge in [0.15, 0.2) is 0 Å². The average molecular weight is 390 g/mol. The van der Waals surface area contributed by atoms with Gasteiger partial charge >= 0.3 is 0 Å². The number of anilines is 1.